The summed E-state index contributed by atoms with van der Waals surface area (Å²) >= 11 is 0. The Balaban J connectivity index is 1.70. The van der Waals surface area contributed by atoms with Crippen LogP contribution < -0.4 is 10.9 Å². The monoisotopic (exact) mass is 457 g/mol. The number of para-hydroxylation sites is 1. The van der Waals surface area contributed by atoms with Gasteiger partial charge in [-0.05, 0) is 50.2 Å². The number of hydrogen-bond donors (Lipinski definition) is 2. The first kappa shape index (κ1) is 23.0. The molecule has 11 heteroatoms. The van der Waals surface area contributed by atoms with Crippen molar-refractivity contribution < 1.29 is 31.1 Å². The highest BCUT2D eigenvalue weighted by Crippen LogP contribution is 2.34. The van der Waals surface area contributed by atoms with E-state index in [0.717, 1.165) is 6.07 Å². The van der Waals surface area contributed by atoms with Gasteiger partial charge in [-0.2, -0.15) is 17.5 Å². The molecule has 2 N–H and O–H groups in total. The van der Waals surface area contributed by atoms with Gasteiger partial charge in [0.25, 0.3) is 5.91 Å². The minimum absolute atomic E-state index is 0.0146. The smallest absolute Gasteiger partial charge is 0.373 e. The van der Waals surface area contributed by atoms with Crippen molar-refractivity contribution in [1.29, 1.82) is 0 Å². The number of ether oxygens (including phenoxy) is 1. The summed E-state index contributed by atoms with van der Waals surface area (Å²) in [5.41, 5.74) is 3.31. The van der Waals surface area contributed by atoms with Gasteiger partial charge in [0, 0.05) is 18.7 Å². The van der Waals surface area contributed by atoms with Crippen LogP contribution in [0.25, 0.3) is 0 Å². The molecule has 0 radical (unpaired) electrons. The van der Waals surface area contributed by atoms with Crippen LogP contribution in [0.15, 0.2) is 53.4 Å². The van der Waals surface area contributed by atoms with Crippen LogP contribution in [-0.4, -0.2) is 43.9 Å². The van der Waals surface area contributed by atoms with Gasteiger partial charge < -0.3 is 4.74 Å². The van der Waals surface area contributed by atoms with Gasteiger partial charge in [0.1, 0.15) is 0 Å². The van der Waals surface area contributed by atoms with E-state index >= 15 is 0 Å². The fraction of sp³-hybridized carbons (Fsp3) is 0.350. The van der Waals surface area contributed by atoms with Crippen LogP contribution in [0.2, 0.25) is 0 Å². The Labute approximate surface area is 178 Å². The summed E-state index contributed by atoms with van der Waals surface area (Å²) < 4.78 is 71.7. The number of halogens is 3. The maximum absolute atomic E-state index is 13.0. The van der Waals surface area contributed by atoms with Crippen molar-refractivity contribution in [3.8, 4) is 0 Å². The van der Waals surface area contributed by atoms with Crippen LogP contribution in [0.4, 0.5) is 18.9 Å². The number of anilines is 1. The molecule has 0 saturated carbocycles. The second-order valence-corrected chi connectivity index (χ2v) is 9.16. The molecule has 7 nitrogen and oxygen atoms in total. The number of rotatable bonds is 5. The van der Waals surface area contributed by atoms with E-state index in [-0.39, 0.29) is 41.4 Å². The van der Waals surface area contributed by atoms with Crippen molar-refractivity contribution in [2.75, 3.05) is 18.5 Å². The molecule has 0 unspecified atom stereocenters. The lowest BCUT2D eigenvalue weighted by atomic mass is 10.2. The molecule has 1 amide bonds. The number of hydrogen-bond acceptors (Lipinski definition) is 5. The molecular weight excluding hydrogens is 435 g/mol. The van der Waals surface area contributed by atoms with Gasteiger partial charge in [-0.3, -0.25) is 15.6 Å². The molecule has 1 aliphatic heterocycles. The number of morpholine rings is 1. The van der Waals surface area contributed by atoms with Crippen molar-refractivity contribution in [2.45, 2.75) is 37.1 Å². The topological polar surface area (TPSA) is 87.7 Å². The number of carbonyl (C=O) groups is 1. The molecule has 0 aliphatic carbocycles. The molecule has 0 spiro atoms. The van der Waals surface area contributed by atoms with Crippen LogP contribution in [0.5, 0.6) is 0 Å². The molecule has 1 fully saturated rings. The van der Waals surface area contributed by atoms with E-state index < -0.39 is 27.7 Å². The molecule has 0 aromatic heterocycles. The zero-order chi connectivity index (χ0) is 22.8. The van der Waals surface area contributed by atoms with Crippen molar-refractivity contribution in [1.82, 2.24) is 9.73 Å². The number of benzene rings is 2. The number of carbonyl (C=O) groups excluding carboxylic acids is 1. The van der Waals surface area contributed by atoms with Crippen molar-refractivity contribution >= 4 is 21.6 Å². The van der Waals surface area contributed by atoms with Gasteiger partial charge in [0.15, 0.2) is 0 Å². The molecule has 1 saturated heterocycles. The summed E-state index contributed by atoms with van der Waals surface area (Å²) in [6.07, 6.45) is -5.07. The third kappa shape index (κ3) is 5.35. The molecule has 1 heterocycles. The van der Waals surface area contributed by atoms with E-state index in [1.165, 1.54) is 46.8 Å². The van der Waals surface area contributed by atoms with Gasteiger partial charge >= 0.3 is 6.18 Å². The highest BCUT2D eigenvalue weighted by Gasteiger charge is 2.34. The normalized spacial score (nSPS) is 20.3. The average molecular weight is 457 g/mol. The van der Waals surface area contributed by atoms with Gasteiger partial charge in [0.05, 0.1) is 28.4 Å². The first-order chi connectivity index (χ1) is 14.5. The predicted molar refractivity (Wildman–Crippen MR) is 108 cm³/mol. The highest BCUT2D eigenvalue weighted by molar-refractivity contribution is 7.89. The lowest BCUT2D eigenvalue weighted by Gasteiger charge is -2.34. The number of alkyl halides is 3. The Hall–Kier alpha value is -2.63. The van der Waals surface area contributed by atoms with Gasteiger partial charge in [-0.15, -0.1) is 0 Å². The average Bonchev–Trinajstić information content (AvgIpc) is 2.71. The van der Waals surface area contributed by atoms with Crippen LogP contribution in [-0.2, 0) is 20.9 Å². The molecule has 31 heavy (non-hydrogen) atoms. The molecule has 2 atom stereocenters. The molecule has 2 aromatic rings. The Morgan fingerprint density at radius 1 is 1.03 bits per heavy atom. The van der Waals surface area contributed by atoms with E-state index in [1.807, 2.05) is 0 Å². The molecule has 2 aromatic carbocycles. The minimum atomic E-state index is -4.58. The second kappa shape index (κ2) is 8.85. The third-order valence-corrected chi connectivity index (χ3v) is 6.53. The molecular formula is C20H22F3N3O4S. The zero-order valence-electron chi connectivity index (χ0n) is 16.8. The number of hydrazine groups is 1. The quantitative estimate of drug-likeness (QED) is 0.673. The molecule has 0 bridgehead atoms. The summed E-state index contributed by atoms with van der Waals surface area (Å²) in [6, 6.07) is 9.89. The second-order valence-electron chi connectivity index (χ2n) is 7.23. The Bertz CT molecular complexity index is 1030. The predicted octanol–water partition coefficient (Wildman–Crippen LogP) is 3.26. The number of amides is 1. The SMILES string of the molecule is C[C@@H]1CN(S(=O)(=O)c2ccc(C(=O)NNc3ccccc3C(F)(F)F)cc2)C[C@@H](C)O1. The van der Waals surface area contributed by atoms with Gasteiger partial charge in [-0.25, -0.2) is 8.42 Å². The summed E-state index contributed by atoms with van der Waals surface area (Å²) in [6.45, 7) is 4.01. The van der Waals surface area contributed by atoms with Gasteiger partial charge in [-0.1, -0.05) is 12.1 Å². The van der Waals surface area contributed by atoms with Crippen molar-refractivity contribution in [2.24, 2.45) is 0 Å². The number of nitrogens with one attached hydrogen (secondary N) is 2. The van der Waals surface area contributed by atoms with E-state index in [4.69, 9.17) is 4.74 Å². The summed E-state index contributed by atoms with van der Waals surface area (Å²) in [5, 5.41) is 0. The molecule has 168 valence electrons. The van der Waals surface area contributed by atoms with E-state index in [2.05, 4.69) is 10.9 Å². The van der Waals surface area contributed by atoms with E-state index in [1.54, 1.807) is 13.8 Å². The zero-order valence-corrected chi connectivity index (χ0v) is 17.6. The fourth-order valence-corrected chi connectivity index (χ4v) is 4.88. The lowest BCUT2D eigenvalue weighted by Crippen LogP contribution is -2.48. The Morgan fingerprint density at radius 2 is 1.61 bits per heavy atom. The van der Waals surface area contributed by atoms with Crippen LogP contribution in [0.3, 0.4) is 0 Å². The summed E-state index contributed by atoms with van der Waals surface area (Å²) in [7, 11) is -3.77. The van der Waals surface area contributed by atoms with Crippen LogP contribution in [0, 0.1) is 0 Å². The van der Waals surface area contributed by atoms with Crippen molar-refractivity contribution in [3.05, 3.63) is 59.7 Å². The van der Waals surface area contributed by atoms with Gasteiger partial charge in [0.2, 0.25) is 10.0 Å². The first-order valence-electron chi connectivity index (χ1n) is 9.46. The van der Waals surface area contributed by atoms with E-state index in [0.29, 0.717) is 0 Å². The van der Waals surface area contributed by atoms with E-state index in [9.17, 15) is 26.4 Å². The minimum Gasteiger partial charge on any atom is -0.373 e. The summed E-state index contributed by atoms with van der Waals surface area (Å²) in [4.78, 5) is 12.3. The molecule has 3 rings (SSSR count). The highest BCUT2D eigenvalue weighted by atomic mass is 32.2. The van der Waals surface area contributed by atoms with Crippen LogP contribution >= 0.6 is 0 Å². The van der Waals surface area contributed by atoms with Crippen molar-refractivity contribution in [3.63, 3.8) is 0 Å². The van der Waals surface area contributed by atoms with Crippen LogP contribution in [0.1, 0.15) is 29.8 Å². The lowest BCUT2D eigenvalue weighted by molar-refractivity contribution is -0.137. The standard InChI is InChI=1S/C20H22F3N3O4S/c1-13-11-26(12-14(2)30-13)31(28,29)16-9-7-15(8-10-16)19(27)25-24-18-6-4-3-5-17(18)20(21,22)23/h3-10,13-14,24H,11-12H2,1-2H3,(H,25,27)/t13-,14-/m1/s1. The maximum atomic E-state index is 13.0. The molecule has 1 aliphatic rings. The Morgan fingerprint density at radius 3 is 2.19 bits per heavy atom. The fourth-order valence-electron chi connectivity index (χ4n) is 3.29. The third-order valence-electron chi connectivity index (χ3n) is 4.68. The number of sulfonamides is 1. The maximum Gasteiger partial charge on any atom is 0.418 e. The summed E-state index contributed by atoms with van der Waals surface area (Å²) in [5.74, 6) is -0.713. The largest absolute Gasteiger partial charge is 0.418 e. The first-order valence-corrected chi connectivity index (χ1v) is 10.9. The number of nitrogens with zero attached hydrogens (tertiary/aromatic N) is 1. The Kier molecular flexibility index (Phi) is 6.58.